The lowest BCUT2D eigenvalue weighted by atomic mass is 10.1. The van der Waals surface area contributed by atoms with Gasteiger partial charge in [0, 0.05) is 19.5 Å². The smallest absolute Gasteiger partial charge is 0.303 e. The van der Waals surface area contributed by atoms with Gasteiger partial charge >= 0.3 is 5.97 Å². The molecular weight excluding hydrogens is 258 g/mol. The van der Waals surface area contributed by atoms with Gasteiger partial charge in [0.1, 0.15) is 6.10 Å². The summed E-state index contributed by atoms with van der Waals surface area (Å²) in [6, 6.07) is 5.81. The van der Waals surface area contributed by atoms with Crippen molar-refractivity contribution in [2.45, 2.75) is 25.4 Å². The van der Waals surface area contributed by atoms with Crippen molar-refractivity contribution in [3.8, 4) is 11.5 Å². The number of carbonyl (C=O) groups is 1. The molecule has 5 nitrogen and oxygen atoms in total. The Bertz CT molecular complexity index is 469. The first-order valence-electron chi connectivity index (χ1n) is 6.82. The highest BCUT2D eigenvalue weighted by Gasteiger charge is 2.25. The molecule has 1 aromatic rings. The maximum atomic E-state index is 10.5. The van der Waals surface area contributed by atoms with E-state index in [-0.39, 0.29) is 12.5 Å². The van der Waals surface area contributed by atoms with Crippen LogP contribution in [0.5, 0.6) is 11.5 Å². The number of likely N-dealkylation sites (tertiary alicyclic amines) is 1. The van der Waals surface area contributed by atoms with Crippen LogP contribution in [-0.2, 0) is 11.2 Å². The highest BCUT2D eigenvalue weighted by Crippen LogP contribution is 2.30. The summed E-state index contributed by atoms with van der Waals surface area (Å²) in [4.78, 5) is 12.7. The van der Waals surface area contributed by atoms with Gasteiger partial charge in [-0.3, -0.25) is 9.69 Å². The molecule has 1 aliphatic heterocycles. The third-order valence-corrected chi connectivity index (χ3v) is 3.41. The van der Waals surface area contributed by atoms with E-state index in [2.05, 4.69) is 11.9 Å². The van der Waals surface area contributed by atoms with Gasteiger partial charge in [0.25, 0.3) is 0 Å². The van der Waals surface area contributed by atoms with Crippen LogP contribution in [0.3, 0.4) is 0 Å². The number of nitrogens with zero attached hydrogens (tertiary/aromatic N) is 1. The van der Waals surface area contributed by atoms with Crippen molar-refractivity contribution in [2.24, 2.45) is 0 Å². The molecule has 110 valence electrons. The van der Waals surface area contributed by atoms with Gasteiger partial charge in [-0.05, 0) is 37.6 Å². The second kappa shape index (κ2) is 6.61. The molecule has 0 spiro atoms. The van der Waals surface area contributed by atoms with Crippen LogP contribution in [0.1, 0.15) is 18.4 Å². The van der Waals surface area contributed by atoms with Gasteiger partial charge in [0.15, 0.2) is 11.5 Å². The molecular formula is C15H21NO4. The van der Waals surface area contributed by atoms with E-state index in [0.29, 0.717) is 12.2 Å². The molecule has 20 heavy (non-hydrogen) atoms. The molecule has 0 atom stereocenters. The minimum absolute atomic E-state index is 0.189. The molecule has 1 aliphatic rings. The maximum Gasteiger partial charge on any atom is 0.303 e. The van der Waals surface area contributed by atoms with Crippen LogP contribution < -0.4 is 9.47 Å². The molecule has 5 heteroatoms. The number of benzene rings is 1. The van der Waals surface area contributed by atoms with Crippen molar-refractivity contribution in [1.82, 2.24) is 4.90 Å². The fourth-order valence-electron chi connectivity index (χ4n) is 2.30. The van der Waals surface area contributed by atoms with Gasteiger partial charge < -0.3 is 14.6 Å². The van der Waals surface area contributed by atoms with E-state index in [1.807, 2.05) is 18.2 Å². The molecule has 0 radical (unpaired) electrons. The van der Waals surface area contributed by atoms with Crippen molar-refractivity contribution in [3.05, 3.63) is 23.8 Å². The molecule has 1 heterocycles. The van der Waals surface area contributed by atoms with Gasteiger partial charge in [-0.1, -0.05) is 6.07 Å². The third-order valence-electron chi connectivity index (χ3n) is 3.41. The summed E-state index contributed by atoms with van der Waals surface area (Å²) in [5.41, 5.74) is 1.07. The summed E-state index contributed by atoms with van der Waals surface area (Å²) >= 11 is 0. The predicted octanol–water partition coefficient (Wildman–Crippen LogP) is 1.80. The Balaban J connectivity index is 1.94. The largest absolute Gasteiger partial charge is 0.493 e. The van der Waals surface area contributed by atoms with Gasteiger partial charge in [-0.2, -0.15) is 0 Å². The van der Waals surface area contributed by atoms with Crippen molar-refractivity contribution in [3.63, 3.8) is 0 Å². The Labute approximate surface area is 119 Å². The Morgan fingerprint density at radius 2 is 2.15 bits per heavy atom. The molecule has 0 unspecified atom stereocenters. The highest BCUT2D eigenvalue weighted by atomic mass is 16.5. The van der Waals surface area contributed by atoms with Crippen LogP contribution in [-0.4, -0.2) is 49.3 Å². The van der Waals surface area contributed by atoms with E-state index in [4.69, 9.17) is 14.6 Å². The zero-order chi connectivity index (χ0) is 14.5. The Kier molecular flexibility index (Phi) is 4.84. The number of aliphatic carboxylic acids is 1. The summed E-state index contributed by atoms with van der Waals surface area (Å²) in [6.07, 6.45) is 1.78. The summed E-state index contributed by atoms with van der Waals surface area (Å²) in [5.74, 6) is 0.714. The quantitative estimate of drug-likeness (QED) is 0.824. The molecule has 0 saturated carbocycles. The van der Waals surface area contributed by atoms with E-state index in [9.17, 15) is 4.79 Å². The van der Waals surface area contributed by atoms with Crippen LogP contribution >= 0.6 is 0 Å². The van der Waals surface area contributed by atoms with Crippen molar-refractivity contribution >= 4 is 5.97 Å². The summed E-state index contributed by atoms with van der Waals surface area (Å²) in [5, 5.41) is 8.64. The van der Waals surface area contributed by atoms with Crippen molar-refractivity contribution in [2.75, 3.05) is 27.2 Å². The first-order valence-corrected chi connectivity index (χ1v) is 6.82. The second-order valence-corrected chi connectivity index (χ2v) is 5.19. The fourth-order valence-corrected chi connectivity index (χ4v) is 2.30. The number of carboxylic acids is 1. The van der Waals surface area contributed by atoms with Crippen molar-refractivity contribution < 1.29 is 19.4 Å². The predicted molar refractivity (Wildman–Crippen MR) is 75.5 cm³/mol. The summed E-state index contributed by atoms with van der Waals surface area (Å²) in [6.45, 7) is 1.87. The normalized spacial score (nSPS) is 15.7. The average Bonchev–Trinajstić information content (AvgIpc) is 2.38. The number of aryl methyl sites for hydroxylation is 1. The lowest BCUT2D eigenvalue weighted by Crippen LogP contribution is -2.51. The fraction of sp³-hybridized carbons (Fsp3) is 0.533. The topological polar surface area (TPSA) is 59.0 Å². The number of hydrogen-bond acceptors (Lipinski definition) is 4. The molecule has 0 aliphatic carbocycles. The monoisotopic (exact) mass is 279 g/mol. The number of likely N-dealkylation sites (N-methyl/N-ethyl adjacent to an activating group) is 1. The summed E-state index contributed by atoms with van der Waals surface area (Å²) in [7, 11) is 3.68. The Morgan fingerprint density at radius 1 is 1.40 bits per heavy atom. The lowest BCUT2D eigenvalue weighted by molar-refractivity contribution is -0.137. The number of hydrogen-bond donors (Lipinski definition) is 1. The standard InChI is InChI=1S/C15H21NO4/c1-16-9-12(10-16)20-13-7-6-11(8-14(13)19-2)4-3-5-15(17)18/h6-8,12H,3-5,9-10H2,1-2H3,(H,17,18). The van der Waals surface area contributed by atoms with E-state index >= 15 is 0 Å². The first kappa shape index (κ1) is 14.7. The molecule has 0 aromatic heterocycles. The zero-order valence-electron chi connectivity index (χ0n) is 12.0. The van der Waals surface area contributed by atoms with E-state index in [0.717, 1.165) is 30.8 Å². The van der Waals surface area contributed by atoms with Crippen LogP contribution in [0, 0.1) is 0 Å². The molecule has 0 amide bonds. The van der Waals surface area contributed by atoms with Crippen LogP contribution in [0.15, 0.2) is 18.2 Å². The zero-order valence-corrected chi connectivity index (χ0v) is 12.0. The van der Waals surface area contributed by atoms with E-state index in [1.165, 1.54) is 0 Å². The number of methoxy groups -OCH3 is 1. The van der Waals surface area contributed by atoms with Gasteiger partial charge in [-0.15, -0.1) is 0 Å². The van der Waals surface area contributed by atoms with E-state index < -0.39 is 5.97 Å². The number of ether oxygens (including phenoxy) is 2. The number of rotatable bonds is 7. The molecule has 1 fully saturated rings. The maximum absolute atomic E-state index is 10.5. The SMILES string of the molecule is COc1cc(CCCC(=O)O)ccc1OC1CN(C)C1. The Morgan fingerprint density at radius 3 is 2.75 bits per heavy atom. The van der Waals surface area contributed by atoms with Crippen molar-refractivity contribution in [1.29, 1.82) is 0 Å². The van der Waals surface area contributed by atoms with Crippen LogP contribution in [0.25, 0.3) is 0 Å². The molecule has 1 saturated heterocycles. The number of carboxylic acid groups (broad SMARTS) is 1. The minimum atomic E-state index is -0.758. The van der Waals surface area contributed by atoms with Crippen LogP contribution in [0.4, 0.5) is 0 Å². The molecule has 0 bridgehead atoms. The van der Waals surface area contributed by atoms with Gasteiger partial charge in [-0.25, -0.2) is 0 Å². The lowest BCUT2D eigenvalue weighted by Gasteiger charge is -2.36. The third kappa shape index (κ3) is 3.87. The second-order valence-electron chi connectivity index (χ2n) is 5.19. The van der Waals surface area contributed by atoms with Crippen LogP contribution in [0.2, 0.25) is 0 Å². The first-order chi connectivity index (χ1) is 9.58. The molecule has 1 aromatic carbocycles. The molecule has 1 N–H and O–H groups in total. The average molecular weight is 279 g/mol. The Hall–Kier alpha value is -1.75. The van der Waals surface area contributed by atoms with Gasteiger partial charge in [0.2, 0.25) is 0 Å². The van der Waals surface area contributed by atoms with E-state index in [1.54, 1.807) is 7.11 Å². The summed E-state index contributed by atoms with van der Waals surface area (Å²) < 4.78 is 11.2. The minimum Gasteiger partial charge on any atom is -0.493 e. The van der Waals surface area contributed by atoms with Gasteiger partial charge in [0.05, 0.1) is 7.11 Å². The molecule has 2 rings (SSSR count). The highest BCUT2D eigenvalue weighted by molar-refractivity contribution is 5.66.